The number of anilines is 4. The van der Waals surface area contributed by atoms with Gasteiger partial charge in [-0.15, -0.1) is 0 Å². The van der Waals surface area contributed by atoms with Gasteiger partial charge in [0.1, 0.15) is 16.1 Å². The Labute approximate surface area is 276 Å². The number of nitrogens with two attached hydrogens (primary N) is 1. The van der Waals surface area contributed by atoms with Gasteiger partial charge in [-0.05, 0) is 72.8 Å². The van der Waals surface area contributed by atoms with Crippen LogP contribution in [-0.2, 0) is 0 Å². The van der Waals surface area contributed by atoms with Crippen molar-refractivity contribution in [1.82, 2.24) is 9.97 Å². The molecule has 0 aliphatic heterocycles. The number of carbonyl (C=O) groups excluding carboxylic acids is 3. The number of carbonyl (C=O) groups is 3. The van der Waals surface area contributed by atoms with E-state index in [0.29, 0.717) is 38.4 Å². The molecule has 45 heavy (non-hydrogen) atoms. The minimum atomic E-state index is -0.652. The van der Waals surface area contributed by atoms with Crippen molar-refractivity contribution in [2.75, 3.05) is 21.7 Å². The summed E-state index contributed by atoms with van der Waals surface area (Å²) in [5.74, 6) is -2.00. The molecule has 0 unspecified atom stereocenters. The zero-order valence-electron chi connectivity index (χ0n) is 22.8. The van der Waals surface area contributed by atoms with Gasteiger partial charge in [0, 0.05) is 23.8 Å². The van der Waals surface area contributed by atoms with E-state index in [1.54, 1.807) is 42.5 Å². The zero-order chi connectivity index (χ0) is 32.5. The van der Waals surface area contributed by atoms with Gasteiger partial charge >= 0.3 is 0 Å². The third-order valence-electron chi connectivity index (χ3n) is 5.82. The number of nitrogen functional groups attached to an aromatic ring is 1. The Balaban J connectivity index is 0.000000222. The van der Waals surface area contributed by atoms with Crippen LogP contribution >= 0.6 is 46.4 Å². The van der Waals surface area contributed by atoms with Crippen LogP contribution in [0.15, 0.2) is 97.3 Å². The number of halogens is 5. The third-order valence-corrected chi connectivity index (χ3v) is 6.94. The number of pyridine rings is 2. The van der Waals surface area contributed by atoms with Crippen molar-refractivity contribution < 1.29 is 18.8 Å². The van der Waals surface area contributed by atoms with Gasteiger partial charge in [-0.2, -0.15) is 0 Å². The normalized spacial score (nSPS) is 10.2. The van der Waals surface area contributed by atoms with Crippen LogP contribution in [0.2, 0.25) is 20.4 Å². The van der Waals surface area contributed by atoms with Gasteiger partial charge in [-0.1, -0.05) is 58.5 Å². The van der Waals surface area contributed by atoms with Gasteiger partial charge in [0.05, 0.1) is 38.1 Å². The number of nitrogens with one attached hydrogen (secondary N) is 3. The van der Waals surface area contributed by atoms with E-state index in [1.807, 2.05) is 0 Å². The first-order valence-corrected chi connectivity index (χ1v) is 14.3. The molecule has 0 saturated heterocycles. The lowest BCUT2D eigenvalue weighted by molar-refractivity contribution is 0.101. The molecule has 3 aromatic carbocycles. The number of nitrogens with zero attached hydrogens (tertiary/aromatic N) is 2. The largest absolute Gasteiger partial charge is 0.397 e. The second-order valence-electron chi connectivity index (χ2n) is 9.01. The number of aromatic nitrogens is 2. The molecular weight excluding hydrogens is 665 g/mol. The summed E-state index contributed by atoms with van der Waals surface area (Å²) >= 11 is 23.2. The summed E-state index contributed by atoms with van der Waals surface area (Å²) in [4.78, 5) is 44.0. The fourth-order valence-electron chi connectivity index (χ4n) is 3.58. The lowest BCUT2D eigenvalue weighted by atomic mass is 10.2. The molecule has 0 aliphatic rings. The van der Waals surface area contributed by atoms with E-state index in [4.69, 9.17) is 52.1 Å². The highest BCUT2D eigenvalue weighted by Crippen LogP contribution is 2.27. The van der Waals surface area contributed by atoms with Gasteiger partial charge in [0.2, 0.25) is 0 Å². The zero-order valence-corrected chi connectivity index (χ0v) is 25.8. The van der Waals surface area contributed by atoms with Crippen molar-refractivity contribution in [3.63, 3.8) is 0 Å². The number of rotatable bonds is 6. The van der Waals surface area contributed by atoms with Crippen molar-refractivity contribution in [3.8, 4) is 0 Å². The monoisotopic (exact) mass is 684 g/mol. The Morgan fingerprint density at radius 1 is 0.622 bits per heavy atom. The summed E-state index contributed by atoms with van der Waals surface area (Å²) in [7, 11) is 0. The fourth-order valence-corrected chi connectivity index (χ4v) is 4.09. The molecule has 0 aliphatic carbocycles. The lowest BCUT2D eigenvalue weighted by Gasteiger charge is -2.11. The first-order chi connectivity index (χ1) is 21.5. The molecule has 0 saturated carbocycles. The van der Waals surface area contributed by atoms with Crippen LogP contribution < -0.4 is 21.7 Å². The molecule has 0 bridgehead atoms. The van der Waals surface area contributed by atoms with Crippen LogP contribution in [0, 0.1) is 5.82 Å². The number of benzene rings is 3. The molecule has 0 fully saturated rings. The number of hydrogen-bond acceptors (Lipinski definition) is 6. The first kappa shape index (κ1) is 33.2. The standard InChI is InChI=1S/C19H12Cl2FN3O2.C12H9Cl2N3O/c20-14-7-6-12(24-18(26)11-5-8-17(21)23-10-11)9-16(14)25-19(27)13-3-1-2-4-15(13)22;13-9-3-2-8(5-10(9)15)17-12(18)7-1-4-11(14)16-6-7/h1-10H,(H,24,26)(H,25,27);1-6H,15H2,(H,17,18). The molecule has 0 spiro atoms. The molecule has 228 valence electrons. The maximum Gasteiger partial charge on any atom is 0.258 e. The maximum absolute atomic E-state index is 13.7. The van der Waals surface area contributed by atoms with Crippen LogP contribution in [0.25, 0.3) is 0 Å². The SMILES string of the molecule is Nc1cc(NC(=O)c2ccc(Cl)nc2)ccc1Cl.O=C(Nc1ccc(Cl)c(NC(=O)c2ccccc2F)c1)c1ccc(Cl)nc1. The molecule has 14 heteroatoms. The summed E-state index contributed by atoms with van der Waals surface area (Å²) < 4.78 is 13.7. The average molecular weight is 686 g/mol. The van der Waals surface area contributed by atoms with E-state index < -0.39 is 17.6 Å². The van der Waals surface area contributed by atoms with Crippen molar-refractivity contribution >= 4 is 86.9 Å². The molecule has 2 aromatic heterocycles. The van der Waals surface area contributed by atoms with Gasteiger partial charge < -0.3 is 21.7 Å². The highest BCUT2D eigenvalue weighted by molar-refractivity contribution is 6.34. The second-order valence-corrected chi connectivity index (χ2v) is 10.6. The van der Waals surface area contributed by atoms with E-state index in [1.165, 1.54) is 54.9 Å². The molecule has 9 nitrogen and oxygen atoms in total. The van der Waals surface area contributed by atoms with E-state index in [-0.39, 0.29) is 27.3 Å². The fraction of sp³-hybridized carbons (Fsp3) is 0. The van der Waals surface area contributed by atoms with Gasteiger partial charge in [-0.3, -0.25) is 14.4 Å². The minimum Gasteiger partial charge on any atom is -0.397 e. The Kier molecular flexibility index (Phi) is 11.3. The van der Waals surface area contributed by atoms with Crippen LogP contribution in [0.5, 0.6) is 0 Å². The summed E-state index contributed by atoms with van der Waals surface area (Å²) in [5.41, 5.74) is 7.85. The van der Waals surface area contributed by atoms with Crippen LogP contribution in [0.3, 0.4) is 0 Å². The lowest BCUT2D eigenvalue weighted by Crippen LogP contribution is -2.15. The summed E-state index contributed by atoms with van der Waals surface area (Å²) in [6.45, 7) is 0. The number of hydrogen-bond donors (Lipinski definition) is 4. The van der Waals surface area contributed by atoms with Gasteiger partial charge in [0.25, 0.3) is 17.7 Å². The van der Waals surface area contributed by atoms with Crippen molar-refractivity contribution in [2.24, 2.45) is 0 Å². The minimum absolute atomic E-state index is 0.116. The molecule has 0 radical (unpaired) electrons. The topological polar surface area (TPSA) is 139 Å². The van der Waals surface area contributed by atoms with Crippen LogP contribution in [-0.4, -0.2) is 27.7 Å². The third kappa shape index (κ3) is 9.37. The molecule has 2 heterocycles. The Hall–Kier alpha value is -4.74. The summed E-state index contributed by atoms with van der Waals surface area (Å²) in [5, 5.41) is 9.18. The quantitative estimate of drug-likeness (QED) is 0.105. The maximum atomic E-state index is 13.7. The van der Waals surface area contributed by atoms with Crippen LogP contribution in [0.4, 0.5) is 27.1 Å². The smallest absolute Gasteiger partial charge is 0.258 e. The van der Waals surface area contributed by atoms with Crippen molar-refractivity contribution in [1.29, 1.82) is 0 Å². The number of amides is 3. The first-order valence-electron chi connectivity index (χ1n) is 12.8. The van der Waals surface area contributed by atoms with Crippen molar-refractivity contribution in [3.05, 3.63) is 140 Å². The Morgan fingerprint density at radius 3 is 1.67 bits per heavy atom. The molecular formula is C31H21Cl4FN6O3. The highest BCUT2D eigenvalue weighted by atomic mass is 35.5. The van der Waals surface area contributed by atoms with E-state index in [2.05, 4.69) is 25.9 Å². The van der Waals surface area contributed by atoms with E-state index in [0.717, 1.165) is 0 Å². The van der Waals surface area contributed by atoms with Crippen molar-refractivity contribution in [2.45, 2.75) is 0 Å². The molecule has 3 amide bonds. The van der Waals surface area contributed by atoms with Gasteiger partial charge in [-0.25, -0.2) is 14.4 Å². The molecule has 5 rings (SSSR count). The average Bonchev–Trinajstić information content (AvgIpc) is 3.02. The molecule has 5 N–H and O–H groups in total. The molecule has 5 aromatic rings. The van der Waals surface area contributed by atoms with Crippen LogP contribution in [0.1, 0.15) is 31.1 Å². The van der Waals surface area contributed by atoms with Gasteiger partial charge in [0.15, 0.2) is 0 Å². The van der Waals surface area contributed by atoms with E-state index in [9.17, 15) is 18.8 Å². The predicted octanol–water partition coefficient (Wildman–Crippen LogP) is 8.26. The summed E-state index contributed by atoms with van der Waals surface area (Å²) in [6.07, 6.45) is 2.74. The highest BCUT2D eigenvalue weighted by Gasteiger charge is 2.14. The summed E-state index contributed by atoms with van der Waals surface area (Å²) in [6, 6.07) is 21.2. The predicted molar refractivity (Wildman–Crippen MR) is 176 cm³/mol. The van der Waals surface area contributed by atoms with E-state index >= 15 is 0 Å². The molecule has 0 atom stereocenters. The Bertz CT molecular complexity index is 1860. The Morgan fingerprint density at radius 2 is 1.16 bits per heavy atom. The second kappa shape index (κ2) is 15.3.